The number of aryl methyl sites for hydroxylation is 1. The second kappa shape index (κ2) is 12.2. The molecule has 0 saturated heterocycles. The monoisotopic (exact) mass is 446 g/mol. The number of halogens is 2. The van der Waals surface area contributed by atoms with E-state index < -0.39 is 6.43 Å². The van der Waals surface area contributed by atoms with E-state index in [1.807, 2.05) is 45.2 Å². The number of aromatic nitrogens is 4. The van der Waals surface area contributed by atoms with Gasteiger partial charge >= 0.3 is 0 Å². The van der Waals surface area contributed by atoms with Gasteiger partial charge in [-0.2, -0.15) is 0 Å². The van der Waals surface area contributed by atoms with Crippen LogP contribution in [0.5, 0.6) is 0 Å². The molecule has 1 fully saturated rings. The number of rotatable bonds is 4. The molecule has 0 amide bonds. The molecule has 3 N–H and O–H groups in total. The van der Waals surface area contributed by atoms with Crippen LogP contribution in [0.15, 0.2) is 35.6 Å². The van der Waals surface area contributed by atoms with E-state index in [1.165, 1.54) is 26.2 Å². The fourth-order valence-electron chi connectivity index (χ4n) is 2.87. The lowest BCUT2D eigenvalue weighted by atomic mass is 9.86. The van der Waals surface area contributed by atoms with Gasteiger partial charge in [-0.3, -0.25) is 9.98 Å². The normalized spacial score (nSPS) is 13.0. The molecule has 32 heavy (non-hydrogen) atoms. The van der Waals surface area contributed by atoms with Gasteiger partial charge in [0.15, 0.2) is 0 Å². The summed E-state index contributed by atoms with van der Waals surface area (Å²) in [5, 5.41) is 12.5. The molecule has 0 aliphatic heterocycles. The van der Waals surface area contributed by atoms with Crippen LogP contribution in [0.3, 0.4) is 0 Å². The van der Waals surface area contributed by atoms with Crippen LogP contribution in [-0.2, 0) is 0 Å². The first-order valence-corrected chi connectivity index (χ1v) is 10.7. The van der Waals surface area contributed by atoms with Crippen LogP contribution < -0.4 is 5.73 Å². The molecule has 3 aromatic heterocycles. The number of hydrogen-bond donors (Lipinski definition) is 2. The molecular weight excluding hydrogens is 414 g/mol. The number of nitrogen functional groups attached to an aromatic ring is 1. The largest absolute Gasteiger partial charge is 0.396 e. The Hall–Kier alpha value is -2.94. The van der Waals surface area contributed by atoms with Gasteiger partial charge in [-0.05, 0) is 57.7 Å². The number of nitrogens with zero attached hydrogens (tertiary/aromatic N) is 5. The molecule has 1 aliphatic carbocycles. The molecule has 174 valence electrons. The molecule has 4 rings (SSSR count). The van der Waals surface area contributed by atoms with Crippen molar-refractivity contribution in [2.24, 2.45) is 10.9 Å². The predicted molar refractivity (Wildman–Crippen MR) is 125 cm³/mol. The first-order chi connectivity index (χ1) is 15.2. The minimum absolute atomic E-state index is 0.0278. The highest BCUT2D eigenvalue weighted by Crippen LogP contribution is 2.27. The maximum absolute atomic E-state index is 10.8. The fraction of sp³-hybridized carbons (Fsp3) is 0.478. The molecule has 0 radical (unpaired) electrons. The lowest BCUT2D eigenvalue weighted by Crippen LogP contribution is -2.14. The van der Waals surface area contributed by atoms with Crippen LogP contribution in [0.25, 0.3) is 16.8 Å². The molecular formula is C23H32F2N6O. The number of aliphatic imine (C=N–C) groups is 1. The van der Waals surface area contributed by atoms with Crippen molar-refractivity contribution >= 4 is 22.9 Å². The highest BCUT2D eigenvalue weighted by Gasteiger charge is 2.14. The number of nitrogens with two attached hydrogens (primary N) is 1. The number of aliphatic hydroxyl groups excluding tert-OH is 1. The number of alkyl halides is 2. The van der Waals surface area contributed by atoms with Crippen LogP contribution in [0.4, 0.5) is 20.4 Å². The summed E-state index contributed by atoms with van der Waals surface area (Å²) < 4.78 is 23.2. The number of hydrogen-bond acceptors (Lipinski definition) is 6. The van der Waals surface area contributed by atoms with E-state index in [0.29, 0.717) is 12.5 Å². The maximum atomic E-state index is 10.8. The summed E-state index contributed by atoms with van der Waals surface area (Å²) in [6.07, 6.45) is 5.27. The zero-order valence-electron chi connectivity index (χ0n) is 19.1. The van der Waals surface area contributed by atoms with Gasteiger partial charge < -0.3 is 10.8 Å². The highest BCUT2D eigenvalue weighted by atomic mass is 19.3. The summed E-state index contributed by atoms with van der Waals surface area (Å²) in [5.41, 5.74) is 11.1. The molecule has 0 bridgehead atoms. The van der Waals surface area contributed by atoms with E-state index in [2.05, 4.69) is 20.1 Å². The van der Waals surface area contributed by atoms with Crippen molar-refractivity contribution in [2.75, 3.05) is 12.3 Å². The Balaban J connectivity index is 0.000000272. The molecule has 0 aromatic carbocycles. The minimum Gasteiger partial charge on any atom is -0.396 e. The molecule has 0 atom stereocenters. The molecule has 3 aromatic rings. The van der Waals surface area contributed by atoms with Gasteiger partial charge in [-0.1, -0.05) is 13.3 Å². The van der Waals surface area contributed by atoms with E-state index in [9.17, 15) is 8.78 Å². The number of pyridine rings is 1. The van der Waals surface area contributed by atoms with Crippen LogP contribution in [0.1, 0.15) is 52.1 Å². The van der Waals surface area contributed by atoms with Crippen molar-refractivity contribution in [2.45, 2.75) is 59.8 Å². The van der Waals surface area contributed by atoms with Gasteiger partial charge in [-0.15, -0.1) is 5.10 Å². The maximum Gasteiger partial charge on any atom is 0.238 e. The standard InChI is InChI=1S/C15H16N6.C5H10O.C3H6F2/c1-9(2)18-12-4-5-13(19-10(12)3)11-6-7-21-14(11)8-17-15(16)20-21;6-4-5-2-1-3-5;1-2-3(4)5/h4-8H,1-3H3,(H2,16,20);5-6H,1-4H2;3H,2H2,1H3. The summed E-state index contributed by atoms with van der Waals surface area (Å²) in [6, 6.07) is 5.89. The van der Waals surface area contributed by atoms with Gasteiger partial charge in [0.25, 0.3) is 0 Å². The Kier molecular flexibility index (Phi) is 9.64. The summed E-state index contributed by atoms with van der Waals surface area (Å²) in [7, 11) is 0. The minimum atomic E-state index is -2.12. The summed E-state index contributed by atoms with van der Waals surface area (Å²) in [4.78, 5) is 13.1. The van der Waals surface area contributed by atoms with Crippen molar-refractivity contribution < 1.29 is 13.9 Å². The van der Waals surface area contributed by atoms with Gasteiger partial charge in [0.2, 0.25) is 12.4 Å². The topological polar surface area (TPSA) is 102 Å². The molecule has 7 nitrogen and oxygen atoms in total. The summed E-state index contributed by atoms with van der Waals surface area (Å²) >= 11 is 0. The van der Waals surface area contributed by atoms with E-state index in [1.54, 1.807) is 10.7 Å². The lowest BCUT2D eigenvalue weighted by Gasteiger charge is -2.21. The van der Waals surface area contributed by atoms with Crippen LogP contribution in [0, 0.1) is 12.8 Å². The van der Waals surface area contributed by atoms with E-state index in [4.69, 9.17) is 10.8 Å². The SMILES string of the molecule is CC(C)=Nc1ccc(-c2ccn3nc(N)ncc23)nc1C.CCC(F)F.OCC1CCC1. The Morgan fingerprint density at radius 2 is 1.97 bits per heavy atom. The van der Waals surface area contributed by atoms with Crippen molar-refractivity contribution in [3.63, 3.8) is 0 Å². The van der Waals surface area contributed by atoms with Crippen LogP contribution >= 0.6 is 0 Å². The van der Waals surface area contributed by atoms with Crippen molar-refractivity contribution in [3.05, 3.63) is 36.3 Å². The van der Waals surface area contributed by atoms with Crippen molar-refractivity contribution in [3.8, 4) is 11.3 Å². The first-order valence-electron chi connectivity index (χ1n) is 10.7. The number of aliphatic hydroxyl groups is 1. The summed E-state index contributed by atoms with van der Waals surface area (Å²) in [5.74, 6) is 0.918. The first kappa shape index (κ1) is 25.3. The zero-order chi connectivity index (χ0) is 23.7. The second-order valence-corrected chi connectivity index (χ2v) is 7.81. The quantitative estimate of drug-likeness (QED) is 0.534. The lowest BCUT2D eigenvalue weighted by molar-refractivity contribution is 0.144. The molecule has 0 spiro atoms. The third-order valence-electron chi connectivity index (χ3n) is 4.90. The van der Waals surface area contributed by atoms with Gasteiger partial charge in [0.1, 0.15) is 0 Å². The Bertz CT molecular complexity index is 1020. The van der Waals surface area contributed by atoms with Crippen molar-refractivity contribution in [1.29, 1.82) is 0 Å². The fourth-order valence-corrected chi connectivity index (χ4v) is 2.87. The third-order valence-corrected chi connectivity index (χ3v) is 4.90. The Labute approximate surface area is 187 Å². The van der Waals surface area contributed by atoms with Crippen LogP contribution in [-0.4, -0.2) is 43.4 Å². The molecule has 9 heteroatoms. The van der Waals surface area contributed by atoms with Gasteiger partial charge in [0.05, 0.1) is 28.8 Å². The molecule has 0 unspecified atom stereocenters. The molecule has 1 aliphatic rings. The van der Waals surface area contributed by atoms with Crippen molar-refractivity contribution in [1.82, 2.24) is 19.6 Å². The highest BCUT2D eigenvalue weighted by molar-refractivity contribution is 5.83. The average molecular weight is 447 g/mol. The number of anilines is 1. The molecule has 1 saturated carbocycles. The Morgan fingerprint density at radius 3 is 2.44 bits per heavy atom. The third kappa shape index (κ3) is 7.33. The van der Waals surface area contributed by atoms with Gasteiger partial charge in [0, 0.05) is 30.5 Å². The molecule has 3 heterocycles. The predicted octanol–water partition coefficient (Wildman–Crippen LogP) is 5.23. The second-order valence-electron chi connectivity index (χ2n) is 7.81. The van der Waals surface area contributed by atoms with E-state index in [-0.39, 0.29) is 12.4 Å². The smallest absolute Gasteiger partial charge is 0.238 e. The average Bonchev–Trinajstić information content (AvgIpc) is 3.12. The van der Waals surface area contributed by atoms with E-state index in [0.717, 1.165) is 33.9 Å². The van der Waals surface area contributed by atoms with Crippen LogP contribution in [0.2, 0.25) is 0 Å². The Morgan fingerprint density at radius 1 is 1.28 bits per heavy atom. The number of fused-ring (bicyclic) bond motifs is 1. The summed E-state index contributed by atoms with van der Waals surface area (Å²) in [6.45, 7) is 7.76. The zero-order valence-corrected chi connectivity index (χ0v) is 19.1. The van der Waals surface area contributed by atoms with E-state index >= 15 is 0 Å². The van der Waals surface area contributed by atoms with Gasteiger partial charge in [-0.25, -0.2) is 18.3 Å².